The van der Waals surface area contributed by atoms with Gasteiger partial charge < -0.3 is 14.8 Å². The third kappa shape index (κ3) is 3.22. The topological polar surface area (TPSA) is 56.3 Å². The summed E-state index contributed by atoms with van der Waals surface area (Å²) in [5, 5.41) is 7.32. The minimum absolute atomic E-state index is 0.691. The summed E-state index contributed by atoms with van der Waals surface area (Å²) in [7, 11) is 3.27. The molecule has 0 bridgehead atoms. The zero-order chi connectivity index (χ0) is 17.3. The second kappa shape index (κ2) is 6.78. The summed E-state index contributed by atoms with van der Waals surface area (Å²) < 4.78 is 10.7. The molecule has 1 N–H and O–H groups in total. The molecule has 2 aromatic heterocycles. The van der Waals surface area contributed by atoms with Gasteiger partial charge in [0.05, 0.1) is 35.5 Å². The molecule has 0 amide bonds. The second-order valence-corrected chi connectivity index (χ2v) is 7.39. The molecule has 0 unspecified atom stereocenters. The van der Waals surface area contributed by atoms with E-state index < -0.39 is 0 Å². The molecule has 0 aliphatic heterocycles. The van der Waals surface area contributed by atoms with Crippen LogP contribution in [0, 0.1) is 20.8 Å². The van der Waals surface area contributed by atoms with Crippen LogP contribution < -0.4 is 14.8 Å². The van der Waals surface area contributed by atoms with Crippen LogP contribution in [0.4, 0.5) is 10.8 Å². The van der Waals surface area contributed by atoms with E-state index in [2.05, 4.69) is 15.7 Å². The minimum Gasteiger partial charge on any atom is -0.493 e. The molecule has 0 saturated carbocycles. The second-order valence-electron chi connectivity index (χ2n) is 5.33. The van der Waals surface area contributed by atoms with E-state index in [1.807, 2.05) is 32.9 Å². The fourth-order valence-corrected chi connectivity index (χ4v) is 4.10. The van der Waals surface area contributed by atoms with Crippen molar-refractivity contribution in [2.75, 3.05) is 19.5 Å². The SMILES string of the molecule is COc1cc(C)c(Nc2nc(-c3sc(C)nc3C)cs2)cc1OC. The summed E-state index contributed by atoms with van der Waals surface area (Å²) in [5.74, 6) is 1.41. The van der Waals surface area contributed by atoms with Gasteiger partial charge in [-0.25, -0.2) is 9.97 Å². The highest BCUT2D eigenvalue weighted by atomic mass is 32.1. The van der Waals surface area contributed by atoms with Crippen molar-refractivity contribution in [2.45, 2.75) is 20.8 Å². The standard InChI is InChI=1S/C17H19N3O2S2/c1-9-6-14(21-4)15(22-5)7-12(9)19-17-20-13(8-23-17)16-10(2)18-11(3)24-16/h6-8H,1-5H3,(H,19,20). The highest BCUT2D eigenvalue weighted by Gasteiger charge is 2.13. The molecule has 2 heterocycles. The van der Waals surface area contributed by atoms with Crippen molar-refractivity contribution in [1.82, 2.24) is 9.97 Å². The fourth-order valence-electron chi connectivity index (χ4n) is 2.43. The summed E-state index contributed by atoms with van der Waals surface area (Å²) in [5.41, 5.74) is 4.00. The van der Waals surface area contributed by atoms with Crippen LogP contribution in [0.25, 0.3) is 10.6 Å². The monoisotopic (exact) mass is 361 g/mol. The molecule has 0 radical (unpaired) electrons. The lowest BCUT2D eigenvalue weighted by Crippen LogP contribution is -1.97. The predicted octanol–water partition coefficient (Wildman–Crippen LogP) is 4.95. The normalized spacial score (nSPS) is 10.7. The average Bonchev–Trinajstić information content (AvgIpc) is 3.14. The third-order valence-corrected chi connectivity index (χ3v) is 5.47. The molecule has 1 aromatic carbocycles. The highest BCUT2D eigenvalue weighted by molar-refractivity contribution is 7.16. The molecule has 7 heteroatoms. The van der Waals surface area contributed by atoms with Gasteiger partial charge >= 0.3 is 0 Å². The van der Waals surface area contributed by atoms with Crippen LogP contribution in [0.15, 0.2) is 17.5 Å². The van der Waals surface area contributed by atoms with Crippen LogP contribution in [0.2, 0.25) is 0 Å². The maximum atomic E-state index is 5.37. The Bertz CT molecular complexity index is 871. The first-order valence-electron chi connectivity index (χ1n) is 7.41. The highest BCUT2D eigenvalue weighted by Crippen LogP contribution is 2.36. The lowest BCUT2D eigenvalue weighted by Gasteiger charge is -2.13. The van der Waals surface area contributed by atoms with Gasteiger partial charge in [0.1, 0.15) is 0 Å². The lowest BCUT2D eigenvalue weighted by atomic mass is 10.2. The summed E-state index contributed by atoms with van der Waals surface area (Å²) in [6.07, 6.45) is 0. The van der Waals surface area contributed by atoms with Gasteiger partial charge in [-0.15, -0.1) is 22.7 Å². The zero-order valence-electron chi connectivity index (χ0n) is 14.3. The number of nitrogens with one attached hydrogen (secondary N) is 1. The number of thiazole rings is 2. The summed E-state index contributed by atoms with van der Waals surface area (Å²) in [6, 6.07) is 3.88. The Morgan fingerprint density at radius 1 is 1.00 bits per heavy atom. The van der Waals surface area contributed by atoms with Gasteiger partial charge in [0.15, 0.2) is 16.6 Å². The largest absolute Gasteiger partial charge is 0.493 e. The Labute approximate surface area is 149 Å². The van der Waals surface area contributed by atoms with Crippen LogP contribution in [-0.2, 0) is 0 Å². The molecular weight excluding hydrogens is 342 g/mol. The van der Waals surface area contributed by atoms with E-state index >= 15 is 0 Å². The first kappa shape index (κ1) is 16.7. The van der Waals surface area contributed by atoms with Crippen molar-refractivity contribution in [3.8, 4) is 22.1 Å². The van der Waals surface area contributed by atoms with Crippen molar-refractivity contribution in [3.05, 3.63) is 33.8 Å². The van der Waals surface area contributed by atoms with Crippen molar-refractivity contribution >= 4 is 33.5 Å². The van der Waals surface area contributed by atoms with Gasteiger partial charge in [0.2, 0.25) is 0 Å². The van der Waals surface area contributed by atoms with Crippen LogP contribution in [0.5, 0.6) is 11.5 Å². The Hall–Kier alpha value is -2.12. The van der Waals surface area contributed by atoms with Gasteiger partial charge in [-0.1, -0.05) is 0 Å². The van der Waals surface area contributed by atoms with Gasteiger partial charge in [0.25, 0.3) is 0 Å². The molecule has 0 fully saturated rings. The molecule has 0 saturated heterocycles. The molecule has 3 aromatic rings. The van der Waals surface area contributed by atoms with Crippen LogP contribution in [0.1, 0.15) is 16.3 Å². The van der Waals surface area contributed by atoms with E-state index in [-0.39, 0.29) is 0 Å². The number of hydrogen-bond acceptors (Lipinski definition) is 7. The molecule has 0 aliphatic rings. The molecule has 126 valence electrons. The Kier molecular flexibility index (Phi) is 4.73. The van der Waals surface area contributed by atoms with Gasteiger partial charge in [-0.3, -0.25) is 0 Å². The fraction of sp³-hybridized carbons (Fsp3) is 0.294. The number of aryl methyl sites for hydroxylation is 3. The summed E-state index contributed by atoms with van der Waals surface area (Å²) >= 11 is 3.24. The van der Waals surface area contributed by atoms with Crippen molar-refractivity contribution in [3.63, 3.8) is 0 Å². The molecule has 24 heavy (non-hydrogen) atoms. The predicted molar refractivity (Wildman–Crippen MR) is 100 cm³/mol. The number of aromatic nitrogens is 2. The van der Waals surface area contributed by atoms with Crippen molar-refractivity contribution < 1.29 is 9.47 Å². The van der Waals surface area contributed by atoms with Crippen molar-refractivity contribution in [1.29, 1.82) is 0 Å². The molecule has 0 atom stereocenters. The van der Waals surface area contributed by atoms with E-state index in [9.17, 15) is 0 Å². The quantitative estimate of drug-likeness (QED) is 0.696. The van der Waals surface area contributed by atoms with Gasteiger partial charge in [-0.2, -0.15) is 0 Å². The van der Waals surface area contributed by atoms with Crippen LogP contribution in [-0.4, -0.2) is 24.2 Å². The third-order valence-electron chi connectivity index (χ3n) is 3.61. The van der Waals surface area contributed by atoms with Gasteiger partial charge in [0, 0.05) is 17.1 Å². The summed E-state index contributed by atoms with van der Waals surface area (Å²) in [4.78, 5) is 10.3. The maximum absolute atomic E-state index is 5.37. The Balaban J connectivity index is 1.89. The first-order chi connectivity index (χ1) is 11.5. The number of methoxy groups -OCH3 is 2. The molecule has 0 aliphatic carbocycles. The van der Waals surface area contributed by atoms with E-state index in [0.717, 1.165) is 43.4 Å². The number of rotatable bonds is 5. The van der Waals surface area contributed by atoms with Crippen molar-refractivity contribution in [2.24, 2.45) is 0 Å². The Morgan fingerprint density at radius 2 is 1.71 bits per heavy atom. The first-order valence-corrected chi connectivity index (χ1v) is 9.11. The van der Waals surface area contributed by atoms with E-state index in [0.29, 0.717) is 5.75 Å². The maximum Gasteiger partial charge on any atom is 0.187 e. The molecule has 5 nitrogen and oxygen atoms in total. The number of benzene rings is 1. The van der Waals surface area contributed by atoms with E-state index in [4.69, 9.17) is 14.5 Å². The Morgan fingerprint density at radius 3 is 2.33 bits per heavy atom. The molecular formula is C17H19N3O2S2. The van der Waals surface area contributed by atoms with Gasteiger partial charge in [-0.05, 0) is 32.4 Å². The van der Waals surface area contributed by atoms with Crippen LogP contribution in [0.3, 0.4) is 0 Å². The average molecular weight is 361 g/mol. The van der Waals surface area contributed by atoms with E-state index in [1.165, 1.54) is 0 Å². The van der Waals surface area contributed by atoms with E-state index in [1.54, 1.807) is 36.9 Å². The van der Waals surface area contributed by atoms with Crippen LogP contribution >= 0.6 is 22.7 Å². The zero-order valence-corrected chi connectivity index (χ0v) is 15.9. The number of ether oxygens (including phenoxy) is 2. The number of anilines is 2. The number of nitrogens with zero attached hydrogens (tertiary/aromatic N) is 2. The smallest absolute Gasteiger partial charge is 0.187 e. The lowest BCUT2D eigenvalue weighted by molar-refractivity contribution is 0.355. The number of hydrogen-bond donors (Lipinski definition) is 1. The molecule has 3 rings (SSSR count). The molecule has 0 spiro atoms. The summed E-state index contributed by atoms with van der Waals surface area (Å²) in [6.45, 7) is 6.05. The minimum atomic E-state index is 0.691.